The first-order valence-corrected chi connectivity index (χ1v) is 9.18. The number of fused-ring (bicyclic) bond motifs is 1. The number of nitrogens with zero attached hydrogens (tertiary/aromatic N) is 1. The predicted octanol–water partition coefficient (Wildman–Crippen LogP) is 3.43. The van der Waals surface area contributed by atoms with Crippen LogP contribution < -0.4 is 19.5 Å². The van der Waals surface area contributed by atoms with E-state index in [4.69, 9.17) is 14.2 Å². The third-order valence-electron chi connectivity index (χ3n) is 4.94. The molecule has 0 aliphatic carbocycles. The van der Waals surface area contributed by atoms with Crippen molar-refractivity contribution in [2.75, 3.05) is 27.4 Å². The molecule has 2 aromatic carbocycles. The van der Waals surface area contributed by atoms with Gasteiger partial charge >= 0.3 is 0 Å². The lowest BCUT2D eigenvalue weighted by atomic mass is 10.0. The number of pyridine rings is 1. The van der Waals surface area contributed by atoms with Gasteiger partial charge in [-0.05, 0) is 47.5 Å². The molecule has 1 aromatic heterocycles. The first-order chi connectivity index (χ1) is 13.7. The number of methoxy groups -OCH3 is 2. The van der Waals surface area contributed by atoms with Crippen molar-refractivity contribution < 1.29 is 19.0 Å². The highest BCUT2D eigenvalue weighted by Crippen LogP contribution is 2.36. The van der Waals surface area contributed by atoms with Crippen LogP contribution in [0.5, 0.6) is 17.2 Å². The minimum atomic E-state index is 0.0826. The Bertz CT molecular complexity index is 1020. The van der Waals surface area contributed by atoms with Gasteiger partial charge in [-0.15, -0.1) is 0 Å². The van der Waals surface area contributed by atoms with Gasteiger partial charge in [0.05, 0.1) is 26.3 Å². The van der Waals surface area contributed by atoms with E-state index in [0.29, 0.717) is 31.1 Å². The fourth-order valence-electron chi connectivity index (χ4n) is 3.44. The van der Waals surface area contributed by atoms with Gasteiger partial charge in [-0.1, -0.05) is 6.07 Å². The first-order valence-electron chi connectivity index (χ1n) is 9.18. The number of carbonyl (C=O) groups excluding carboxylic acids is 1. The fourth-order valence-corrected chi connectivity index (χ4v) is 3.44. The van der Waals surface area contributed by atoms with E-state index < -0.39 is 0 Å². The quantitative estimate of drug-likeness (QED) is 0.712. The Morgan fingerprint density at radius 1 is 1.04 bits per heavy atom. The van der Waals surface area contributed by atoms with Crippen LogP contribution in [0.15, 0.2) is 48.7 Å². The molecule has 1 atom stereocenters. The SMILES string of the molecule is COc1ccc(-c2cc(OC[C@H]3CNC(=O)C3)c3cccnc3c2)cc1OC. The summed E-state index contributed by atoms with van der Waals surface area (Å²) >= 11 is 0. The molecule has 1 saturated heterocycles. The van der Waals surface area contributed by atoms with Gasteiger partial charge in [0, 0.05) is 30.5 Å². The van der Waals surface area contributed by atoms with Crippen molar-refractivity contribution in [3.8, 4) is 28.4 Å². The van der Waals surface area contributed by atoms with E-state index in [2.05, 4.69) is 10.3 Å². The molecule has 3 aromatic rings. The molecule has 0 bridgehead atoms. The topological polar surface area (TPSA) is 69.7 Å². The Hall–Kier alpha value is -3.28. The van der Waals surface area contributed by atoms with E-state index in [9.17, 15) is 4.79 Å². The highest BCUT2D eigenvalue weighted by Gasteiger charge is 2.22. The average molecular weight is 378 g/mol. The number of ether oxygens (including phenoxy) is 3. The van der Waals surface area contributed by atoms with Crippen molar-refractivity contribution in [1.29, 1.82) is 0 Å². The molecule has 6 nitrogen and oxygen atoms in total. The Labute approximate surface area is 163 Å². The van der Waals surface area contributed by atoms with Gasteiger partial charge in [-0.25, -0.2) is 0 Å². The standard InChI is InChI=1S/C22H22N2O4/c1-26-19-6-5-15(10-21(19)27-2)16-9-18-17(4-3-7-23-18)20(11-16)28-13-14-8-22(25)24-12-14/h3-7,9-11,14H,8,12-13H2,1-2H3,(H,24,25)/t14-/m1/s1. The summed E-state index contributed by atoms with van der Waals surface area (Å²) in [5, 5.41) is 3.79. The number of amides is 1. The van der Waals surface area contributed by atoms with Gasteiger partial charge in [-0.3, -0.25) is 9.78 Å². The van der Waals surface area contributed by atoms with E-state index in [-0.39, 0.29) is 11.8 Å². The zero-order valence-corrected chi connectivity index (χ0v) is 15.9. The second kappa shape index (κ2) is 7.76. The van der Waals surface area contributed by atoms with Crippen LogP contribution in [0.2, 0.25) is 0 Å². The number of aromatic nitrogens is 1. The maximum atomic E-state index is 11.4. The smallest absolute Gasteiger partial charge is 0.220 e. The van der Waals surface area contributed by atoms with Crippen LogP contribution in [0.3, 0.4) is 0 Å². The summed E-state index contributed by atoms with van der Waals surface area (Å²) < 4.78 is 16.9. The molecule has 2 heterocycles. The number of rotatable bonds is 6. The summed E-state index contributed by atoms with van der Waals surface area (Å²) in [6.07, 6.45) is 2.27. The van der Waals surface area contributed by atoms with E-state index >= 15 is 0 Å². The van der Waals surface area contributed by atoms with Crippen LogP contribution in [0.25, 0.3) is 22.0 Å². The Morgan fingerprint density at radius 2 is 1.86 bits per heavy atom. The molecular formula is C22H22N2O4. The van der Waals surface area contributed by atoms with Crippen molar-refractivity contribution in [2.45, 2.75) is 6.42 Å². The maximum Gasteiger partial charge on any atom is 0.220 e. The third-order valence-corrected chi connectivity index (χ3v) is 4.94. The molecule has 1 aliphatic heterocycles. The fraction of sp³-hybridized carbons (Fsp3) is 0.273. The van der Waals surface area contributed by atoms with Crippen LogP contribution >= 0.6 is 0 Å². The Kier molecular flexibility index (Phi) is 5.02. The molecule has 0 unspecified atom stereocenters. The van der Waals surface area contributed by atoms with Crippen LogP contribution in [0, 0.1) is 5.92 Å². The number of hydrogen-bond acceptors (Lipinski definition) is 5. The molecule has 0 saturated carbocycles. The first kappa shape index (κ1) is 18.1. The van der Waals surface area contributed by atoms with Gasteiger partial charge in [-0.2, -0.15) is 0 Å². The lowest BCUT2D eigenvalue weighted by Crippen LogP contribution is -2.16. The predicted molar refractivity (Wildman–Crippen MR) is 107 cm³/mol. The zero-order valence-electron chi connectivity index (χ0n) is 15.9. The molecular weight excluding hydrogens is 356 g/mol. The largest absolute Gasteiger partial charge is 0.493 e. The number of hydrogen-bond donors (Lipinski definition) is 1. The maximum absolute atomic E-state index is 11.4. The second-order valence-electron chi connectivity index (χ2n) is 6.80. The molecule has 6 heteroatoms. The van der Waals surface area contributed by atoms with E-state index in [1.165, 1.54) is 0 Å². The van der Waals surface area contributed by atoms with Crippen LogP contribution in [0.4, 0.5) is 0 Å². The molecule has 4 rings (SSSR count). The third kappa shape index (κ3) is 3.58. The van der Waals surface area contributed by atoms with Crippen LogP contribution in [0.1, 0.15) is 6.42 Å². The Balaban J connectivity index is 1.70. The van der Waals surface area contributed by atoms with Gasteiger partial charge < -0.3 is 19.5 Å². The van der Waals surface area contributed by atoms with E-state index in [1.54, 1.807) is 20.4 Å². The summed E-state index contributed by atoms with van der Waals surface area (Å²) in [4.78, 5) is 15.9. The lowest BCUT2D eigenvalue weighted by Gasteiger charge is -2.15. The minimum absolute atomic E-state index is 0.0826. The minimum Gasteiger partial charge on any atom is -0.493 e. The zero-order chi connectivity index (χ0) is 19.5. The molecule has 1 aliphatic rings. The molecule has 144 valence electrons. The second-order valence-corrected chi connectivity index (χ2v) is 6.80. The van der Waals surface area contributed by atoms with E-state index in [0.717, 1.165) is 27.8 Å². The van der Waals surface area contributed by atoms with Gasteiger partial charge in [0.15, 0.2) is 11.5 Å². The molecule has 0 spiro atoms. The molecule has 28 heavy (non-hydrogen) atoms. The highest BCUT2D eigenvalue weighted by molar-refractivity contribution is 5.90. The average Bonchev–Trinajstić information content (AvgIpc) is 3.16. The van der Waals surface area contributed by atoms with Crippen molar-refractivity contribution in [3.05, 3.63) is 48.7 Å². The van der Waals surface area contributed by atoms with Gasteiger partial charge in [0.2, 0.25) is 5.91 Å². The van der Waals surface area contributed by atoms with Crippen molar-refractivity contribution >= 4 is 16.8 Å². The Morgan fingerprint density at radius 3 is 2.61 bits per heavy atom. The van der Waals surface area contributed by atoms with E-state index in [1.807, 2.05) is 42.5 Å². The molecule has 0 radical (unpaired) electrons. The van der Waals surface area contributed by atoms with Gasteiger partial charge in [0.25, 0.3) is 0 Å². The summed E-state index contributed by atoms with van der Waals surface area (Å²) in [6, 6.07) is 13.7. The summed E-state index contributed by atoms with van der Waals surface area (Å²) in [7, 11) is 3.24. The van der Waals surface area contributed by atoms with Crippen molar-refractivity contribution in [2.24, 2.45) is 5.92 Å². The lowest BCUT2D eigenvalue weighted by molar-refractivity contribution is -0.119. The van der Waals surface area contributed by atoms with Crippen LogP contribution in [-0.2, 0) is 4.79 Å². The van der Waals surface area contributed by atoms with Crippen LogP contribution in [-0.4, -0.2) is 38.3 Å². The number of carbonyl (C=O) groups is 1. The summed E-state index contributed by atoms with van der Waals surface area (Å²) in [5.74, 6) is 2.37. The summed E-state index contributed by atoms with van der Waals surface area (Å²) in [6.45, 7) is 1.14. The van der Waals surface area contributed by atoms with Crippen molar-refractivity contribution in [1.82, 2.24) is 10.3 Å². The molecule has 1 amide bonds. The molecule has 1 fully saturated rings. The normalized spacial score (nSPS) is 16.1. The highest BCUT2D eigenvalue weighted by atomic mass is 16.5. The van der Waals surface area contributed by atoms with Crippen molar-refractivity contribution in [3.63, 3.8) is 0 Å². The number of nitrogens with one attached hydrogen (secondary N) is 1. The monoisotopic (exact) mass is 378 g/mol. The number of benzene rings is 2. The molecule has 1 N–H and O–H groups in total. The summed E-state index contributed by atoms with van der Waals surface area (Å²) in [5.41, 5.74) is 2.81. The van der Waals surface area contributed by atoms with Gasteiger partial charge in [0.1, 0.15) is 5.75 Å².